The van der Waals surface area contributed by atoms with Crippen LogP contribution in [-0.4, -0.2) is 20.2 Å². The molecule has 4 rings (SSSR count). The molecule has 0 atom stereocenters. The molecule has 0 aliphatic rings. The van der Waals surface area contributed by atoms with E-state index in [1.54, 1.807) is 0 Å². The lowest BCUT2D eigenvalue weighted by Crippen LogP contribution is -2.16. The molecule has 0 aliphatic heterocycles. The first-order chi connectivity index (χ1) is 12.7. The van der Waals surface area contributed by atoms with Crippen molar-refractivity contribution < 1.29 is 17.6 Å². The van der Waals surface area contributed by atoms with E-state index in [0.717, 1.165) is 6.07 Å². The van der Waals surface area contributed by atoms with E-state index in [-0.39, 0.29) is 44.3 Å². The van der Waals surface area contributed by atoms with Crippen molar-refractivity contribution in [2.45, 2.75) is 13.1 Å². The van der Waals surface area contributed by atoms with Crippen LogP contribution in [0.1, 0.15) is 11.3 Å². The monoisotopic (exact) mass is 377 g/mol. The Morgan fingerprint density at radius 1 is 1.22 bits per heavy atom. The van der Waals surface area contributed by atoms with Crippen LogP contribution in [-0.2, 0) is 6.18 Å². The maximum absolute atomic E-state index is 13.9. The van der Waals surface area contributed by atoms with Gasteiger partial charge in [0.15, 0.2) is 0 Å². The zero-order valence-electron chi connectivity index (χ0n) is 13.7. The molecule has 0 aliphatic carbocycles. The number of aromatic nitrogens is 4. The van der Waals surface area contributed by atoms with Gasteiger partial charge in [0.2, 0.25) is 0 Å². The molecule has 0 fully saturated rings. The van der Waals surface area contributed by atoms with Crippen LogP contribution >= 0.6 is 0 Å². The van der Waals surface area contributed by atoms with Crippen molar-refractivity contribution in [1.82, 2.24) is 20.2 Å². The molecule has 3 aromatic heterocycles. The maximum atomic E-state index is 13.9. The molecule has 1 aromatic carbocycles. The number of halogens is 4. The molecule has 0 spiro atoms. The fourth-order valence-corrected chi connectivity index (χ4v) is 3.11. The summed E-state index contributed by atoms with van der Waals surface area (Å²) in [4.78, 5) is 18.4. The standard InChI is InChI=1S/C17H11F4N5O/c1-6-4-10-14(25-15(6)17(19,20)21)11(12(22)16(27)24-10)7-2-3-9(18)13-8(7)5-23-26-13/h2-5H,22H2,1H3,(H,23,26)(H,24,27). The number of nitrogens with zero attached hydrogens (tertiary/aromatic N) is 2. The molecular weight excluding hydrogens is 366 g/mol. The highest BCUT2D eigenvalue weighted by Crippen LogP contribution is 2.38. The summed E-state index contributed by atoms with van der Waals surface area (Å²) in [5.41, 5.74) is 3.89. The second-order valence-electron chi connectivity index (χ2n) is 6.04. The zero-order valence-corrected chi connectivity index (χ0v) is 13.7. The van der Waals surface area contributed by atoms with E-state index in [4.69, 9.17) is 5.73 Å². The fourth-order valence-electron chi connectivity index (χ4n) is 3.11. The van der Waals surface area contributed by atoms with Gasteiger partial charge in [-0.25, -0.2) is 9.37 Å². The number of alkyl halides is 3. The predicted molar refractivity (Wildman–Crippen MR) is 91.6 cm³/mol. The van der Waals surface area contributed by atoms with Gasteiger partial charge in [0, 0.05) is 10.9 Å². The minimum absolute atomic E-state index is 0.00866. The first kappa shape index (κ1) is 17.0. The number of nitrogens with two attached hydrogens (primary N) is 1. The van der Waals surface area contributed by atoms with E-state index in [0.29, 0.717) is 0 Å². The Balaban J connectivity index is 2.19. The fraction of sp³-hybridized carbons (Fsp3) is 0.118. The largest absolute Gasteiger partial charge is 0.433 e. The second kappa shape index (κ2) is 5.53. The number of benzene rings is 1. The topological polar surface area (TPSA) is 100 Å². The lowest BCUT2D eigenvalue weighted by atomic mass is 9.98. The van der Waals surface area contributed by atoms with Gasteiger partial charge in [-0.05, 0) is 30.2 Å². The predicted octanol–water partition coefficient (Wildman–Crippen LogP) is 3.51. The molecule has 0 saturated heterocycles. The number of anilines is 1. The van der Waals surface area contributed by atoms with Crippen LogP contribution in [0.4, 0.5) is 23.2 Å². The third-order valence-electron chi connectivity index (χ3n) is 4.31. The Labute approximate surface area is 148 Å². The minimum Gasteiger partial charge on any atom is -0.394 e. The number of fused-ring (bicyclic) bond motifs is 2. The van der Waals surface area contributed by atoms with Crippen molar-refractivity contribution in [3.63, 3.8) is 0 Å². The molecule has 0 unspecified atom stereocenters. The second-order valence-corrected chi connectivity index (χ2v) is 6.04. The van der Waals surface area contributed by atoms with E-state index in [1.165, 1.54) is 25.3 Å². The number of nitrogens with one attached hydrogen (secondary N) is 2. The molecule has 0 bridgehead atoms. The number of nitrogen functional groups attached to an aromatic ring is 1. The van der Waals surface area contributed by atoms with E-state index in [1.807, 2.05) is 0 Å². The first-order valence-corrected chi connectivity index (χ1v) is 7.70. The summed E-state index contributed by atoms with van der Waals surface area (Å²) in [6.45, 7) is 1.25. The average molecular weight is 377 g/mol. The molecule has 10 heteroatoms. The molecule has 4 N–H and O–H groups in total. The zero-order chi connectivity index (χ0) is 19.5. The van der Waals surface area contributed by atoms with Gasteiger partial charge in [-0.15, -0.1) is 0 Å². The third kappa shape index (κ3) is 2.52. The molecule has 0 radical (unpaired) electrons. The minimum atomic E-state index is -4.69. The molecule has 0 saturated carbocycles. The molecule has 6 nitrogen and oxygen atoms in total. The highest BCUT2D eigenvalue weighted by molar-refractivity contribution is 6.06. The SMILES string of the molecule is Cc1cc2[nH]c(=O)c(N)c(-c3ccc(F)c4[nH]ncc34)c2nc1C(F)(F)F. The van der Waals surface area contributed by atoms with Crippen LogP contribution in [0.2, 0.25) is 0 Å². The number of hydrogen-bond acceptors (Lipinski definition) is 4. The average Bonchev–Trinajstić information content (AvgIpc) is 3.07. The Hall–Kier alpha value is -3.43. The summed E-state index contributed by atoms with van der Waals surface area (Å²) in [5.74, 6) is -0.598. The highest BCUT2D eigenvalue weighted by Gasteiger charge is 2.35. The van der Waals surface area contributed by atoms with Gasteiger partial charge in [-0.3, -0.25) is 9.89 Å². The maximum Gasteiger partial charge on any atom is 0.433 e. The van der Waals surface area contributed by atoms with E-state index >= 15 is 0 Å². The summed E-state index contributed by atoms with van der Waals surface area (Å²) in [6.07, 6.45) is -3.38. The quantitative estimate of drug-likeness (QED) is 0.442. The van der Waals surface area contributed by atoms with E-state index in [2.05, 4.69) is 20.2 Å². The summed E-state index contributed by atoms with van der Waals surface area (Å²) in [5, 5.41) is 6.50. The number of aromatic amines is 2. The normalized spacial score (nSPS) is 12.2. The summed E-state index contributed by atoms with van der Waals surface area (Å²) in [6, 6.07) is 3.62. The van der Waals surface area contributed by atoms with Gasteiger partial charge < -0.3 is 10.7 Å². The van der Waals surface area contributed by atoms with Crippen molar-refractivity contribution in [3.8, 4) is 11.1 Å². The van der Waals surface area contributed by atoms with E-state index in [9.17, 15) is 22.4 Å². The van der Waals surface area contributed by atoms with Crippen LogP contribution in [0.25, 0.3) is 33.1 Å². The highest BCUT2D eigenvalue weighted by atomic mass is 19.4. The lowest BCUT2D eigenvalue weighted by molar-refractivity contribution is -0.141. The Morgan fingerprint density at radius 3 is 2.67 bits per heavy atom. The summed E-state index contributed by atoms with van der Waals surface area (Å²) in [7, 11) is 0. The van der Waals surface area contributed by atoms with Gasteiger partial charge in [0.05, 0.1) is 17.2 Å². The molecular formula is C17H11F4N5O. The number of pyridine rings is 2. The van der Waals surface area contributed by atoms with Crippen molar-refractivity contribution in [2.24, 2.45) is 0 Å². The van der Waals surface area contributed by atoms with Gasteiger partial charge in [-0.1, -0.05) is 6.07 Å². The van der Waals surface area contributed by atoms with Crippen LogP contribution in [0, 0.1) is 12.7 Å². The molecule has 3 heterocycles. The first-order valence-electron chi connectivity index (χ1n) is 7.70. The van der Waals surface area contributed by atoms with Crippen LogP contribution in [0.3, 0.4) is 0 Å². The molecule has 27 heavy (non-hydrogen) atoms. The van der Waals surface area contributed by atoms with Gasteiger partial charge >= 0.3 is 6.18 Å². The van der Waals surface area contributed by atoms with Gasteiger partial charge in [0.1, 0.15) is 22.7 Å². The number of hydrogen-bond donors (Lipinski definition) is 3. The van der Waals surface area contributed by atoms with Crippen LogP contribution < -0.4 is 11.3 Å². The number of H-pyrrole nitrogens is 2. The van der Waals surface area contributed by atoms with Crippen LogP contribution in [0.5, 0.6) is 0 Å². The van der Waals surface area contributed by atoms with Crippen molar-refractivity contribution in [1.29, 1.82) is 0 Å². The number of rotatable bonds is 1. The van der Waals surface area contributed by atoms with Crippen molar-refractivity contribution in [2.75, 3.05) is 5.73 Å². The van der Waals surface area contributed by atoms with E-state index < -0.39 is 23.2 Å². The lowest BCUT2D eigenvalue weighted by Gasteiger charge is -2.14. The Morgan fingerprint density at radius 2 is 1.96 bits per heavy atom. The smallest absolute Gasteiger partial charge is 0.394 e. The van der Waals surface area contributed by atoms with Crippen LogP contribution in [0.15, 0.2) is 29.2 Å². The number of aryl methyl sites for hydroxylation is 1. The molecule has 4 aromatic rings. The van der Waals surface area contributed by atoms with Gasteiger partial charge in [-0.2, -0.15) is 18.3 Å². The summed E-state index contributed by atoms with van der Waals surface area (Å²) < 4.78 is 53.9. The van der Waals surface area contributed by atoms with Crippen molar-refractivity contribution in [3.05, 3.63) is 51.8 Å². The van der Waals surface area contributed by atoms with Crippen molar-refractivity contribution >= 4 is 27.6 Å². The molecule has 138 valence electrons. The molecule has 0 amide bonds. The van der Waals surface area contributed by atoms with Gasteiger partial charge in [0.25, 0.3) is 5.56 Å². The third-order valence-corrected chi connectivity index (χ3v) is 4.31. The summed E-state index contributed by atoms with van der Waals surface area (Å²) >= 11 is 0. The Bertz CT molecular complexity index is 1270. The Kier molecular flexibility index (Phi) is 3.48.